The number of thiocarbonyl (C=S) groups is 1. The van der Waals surface area contributed by atoms with Crippen molar-refractivity contribution in [2.24, 2.45) is 5.92 Å². The van der Waals surface area contributed by atoms with Gasteiger partial charge in [0.2, 0.25) is 0 Å². The molecule has 0 spiro atoms. The van der Waals surface area contributed by atoms with Crippen LogP contribution in [0.5, 0.6) is 17.2 Å². The van der Waals surface area contributed by atoms with Crippen molar-refractivity contribution < 1.29 is 19.4 Å². The van der Waals surface area contributed by atoms with Gasteiger partial charge in [-0.15, -0.1) is 0 Å². The molecule has 0 amide bonds. The zero-order chi connectivity index (χ0) is 23.1. The molecule has 32 heavy (non-hydrogen) atoms. The van der Waals surface area contributed by atoms with Crippen molar-refractivity contribution in [3.63, 3.8) is 0 Å². The summed E-state index contributed by atoms with van der Waals surface area (Å²) < 4.78 is 12.1. The number of carbonyl (C=O) groups is 1. The quantitative estimate of drug-likeness (QED) is 0.351. The van der Waals surface area contributed by atoms with E-state index < -0.39 is 5.97 Å². The molecule has 1 unspecified atom stereocenters. The van der Waals surface area contributed by atoms with E-state index in [9.17, 15) is 9.90 Å². The van der Waals surface area contributed by atoms with Gasteiger partial charge in [0.05, 0.1) is 13.0 Å². The van der Waals surface area contributed by atoms with Crippen LogP contribution >= 0.6 is 12.2 Å². The molecule has 3 aromatic rings. The summed E-state index contributed by atoms with van der Waals surface area (Å²) in [5.74, 6) is 1.43. The summed E-state index contributed by atoms with van der Waals surface area (Å²) in [6, 6.07) is 23.0. The van der Waals surface area contributed by atoms with E-state index in [2.05, 4.69) is 13.8 Å². The van der Waals surface area contributed by atoms with E-state index >= 15 is 0 Å². The molecule has 0 saturated heterocycles. The molecule has 166 valence electrons. The molecule has 0 heterocycles. The average molecular weight is 449 g/mol. The first-order valence-corrected chi connectivity index (χ1v) is 11.0. The van der Waals surface area contributed by atoms with Crippen LogP contribution in [0, 0.1) is 5.92 Å². The number of ether oxygens (including phenoxy) is 2. The van der Waals surface area contributed by atoms with E-state index in [-0.39, 0.29) is 12.3 Å². The van der Waals surface area contributed by atoms with Crippen LogP contribution < -0.4 is 9.47 Å². The van der Waals surface area contributed by atoms with Crippen LogP contribution in [0.15, 0.2) is 72.8 Å². The molecule has 0 radical (unpaired) electrons. The van der Waals surface area contributed by atoms with Gasteiger partial charge in [0.25, 0.3) is 0 Å². The highest BCUT2D eigenvalue weighted by atomic mass is 32.1. The molecule has 0 saturated carbocycles. The zero-order valence-corrected chi connectivity index (χ0v) is 19.4. The molecule has 4 nitrogen and oxygen atoms in total. The molecule has 1 N–H and O–H groups in total. The second-order valence-electron chi connectivity index (χ2n) is 8.18. The lowest BCUT2D eigenvalue weighted by Crippen LogP contribution is -2.14. The number of benzene rings is 3. The molecule has 0 aromatic heterocycles. The molecule has 0 aliphatic carbocycles. The summed E-state index contributed by atoms with van der Waals surface area (Å²) in [6.45, 7) is 6.64. The van der Waals surface area contributed by atoms with E-state index in [0.717, 1.165) is 27.5 Å². The largest absolute Gasteiger partial charge is 0.493 e. The van der Waals surface area contributed by atoms with E-state index in [4.69, 9.17) is 21.7 Å². The summed E-state index contributed by atoms with van der Waals surface area (Å²) in [4.78, 5) is 12.1. The maximum absolute atomic E-state index is 11.3. The van der Waals surface area contributed by atoms with Crippen LogP contribution in [0.4, 0.5) is 0 Å². The zero-order valence-electron chi connectivity index (χ0n) is 18.6. The van der Waals surface area contributed by atoms with Crippen molar-refractivity contribution >= 4 is 23.1 Å². The van der Waals surface area contributed by atoms with Crippen molar-refractivity contribution in [2.45, 2.75) is 33.1 Å². The first kappa shape index (κ1) is 23.5. The van der Waals surface area contributed by atoms with Gasteiger partial charge in [-0.3, -0.25) is 4.79 Å². The van der Waals surface area contributed by atoms with Gasteiger partial charge in [-0.2, -0.15) is 0 Å². The maximum Gasteiger partial charge on any atom is 0.307 e. The number of hydrogen-bond donors (Lipinski definition) is 1. The Balaban J connectivity index is 2.02. The van der Waals surface area contributed by atoms with E-state index in [1.165, 1.54) is 0 Å². The predicted octanol–water partition coefficient (Wildman–Crippen LogP) is 6.66. The Hall–Kier alpha value is -3.18. The normalized spacial score (nSPS) is 11.8. The summed E-state index contributed by atoms with van der Waals surface area (Å²) in [6.07, 6.45) is -0.0577. The standard InChI is InChI=1S/C27H28O4S/c1-18(2)17-30-25-13-12-20(15-26(28)29)14-24(25)27(19(3)32)21-8-7-11-23(16-21)31-22-9-5-4-6-10-22/h4-14,16,18,27H,15,17H2,1-3H3,(H,28,29). The highest BCUT2D eigenvalue weighted by molar-refractivity contribution is 7.80. The molecule has 0 aliphatic heterocycles. The van der Waals surface area contributed by atoms with E-state index in [1.54, 1.807) is 6.07 Å². The van der Waals surface area contributed by atoms with Gasteiger partial charge in [-0.1, -0.05) is 68.5 Å². The third-order valence-electron chi connectivity index (χ3n) is 4.89. The smallest absolute Gasteiger partial charge is 0.307 e. The third-order valence-corrected chi connectivity index (χ3v) is 5.13. The monoisotopic (exact) mass is 448 g/mol. The van der Waals surface area contributed by atoms with Crippen molar-refractivity contribution in [1.82, 2.24) is 0 Å². The highest BCUT2D eigenvalue weighted by Crippen LogP contribution is 2.36. The Bertz CT molecular complexity index is 1080. The molecule has 3 aromatic carbocycles. The van der Waals surface area contributed by atoms with Gasteiger partial charge in [-0.05, 0) is 54.3 Å². The lowest BCUT2D eigenvalue weighted by atomic mass is 9.87. The van der Waals surface area contributed by atoms with Crippen LogP contribution in [-0.2, 0) is 11.2 Å². The number of hydrogen-bond acceptors (Lipinski definition) is 4. The summed E-state index contributed by atoms with van der Waals surface area (Å²) in [7, 11) is 0. The van der Waals surface area contributed by atoms with Crippen LogP contribution in [0.3, 0.4) is 0 Å². The van der Waals surface area contributed by atoms with Gasteiger partial charge in [0.1, 0.15) is 17.2 Å². The van der Waals surface area contributed by atoms with Crippen molar-refractivity contribution in [3.05, 3.63) is 89.5 Å². The number of carboxylic acids is 1. The van der Waals surface area contributed by atoms with Crippen molar-refractivity contribution in [2.75, 3.05) is 6.61 Å². The fraction of sp³-hybridized carbons (Fsp3) is 0.259. The second-order valence-corrected chi connectivity index (χ2v) is 8.82. The topological polar surface area (TPSA) is 55.8 Å². The van der Waals surface area contributed by atoms with Gasteiger partial charge in [0.15, 0.2) is 0 Å². The maximum atomic E-state index is 11.3. The summed E-state index contributed by atoms with van der Waals surface area (Å²) in [5.41, 5.74) is 2.55. The van der Waals surface area contributed by atoms with Gasteiger partial charge in [0, 0.05) is 16.3 Å². The molecule has 5 heteroatoms. The Morgan fingerprint density at radius 3 is 2.34 bits per heavy atom. The average Bonchev–Trinajstić information content (AvgIpc) is 2.73. The minimum absolute atomic E-state index is 0.0577. The lowest BCUT2D eigenvalue weighted by molar-refractivity contribution is -0.136. The summed E-state index contributed by atoms with van der Waals surface area (Å²) in [5, 5.41) is 9.27. The Morgan fingerprint density at radius 1 is 0.969 bits per heavy atom. The molecule has 0 fully saturated rings. The van der Waals surface area contributed by atoms with Crippen molar-refractivity contribution in [1.29, 1.82) is 0 Å². The van der Waals surface area contributed by atoms with E-state index in [0.29, 0.717) is 23.8 Å². The van der Waals surface area contributed by atoms with Crippen LogP contribution in [0.25, 0.3) is 0 Å². The Labute approximate surface area is 194 Å². The minimum Gasteiger partial charge on any atom is -0.493 e. The first-order chi connectivity index (χ1) is 15.3. The first-order valence-electron chi connectivity index (χ1n) is 10.6. The molecule has 0 aliphatic rings. The van der Waals surface area contributed by atoms with Gasteiger partial charge >= 0.3 is 5.97 Å². The SMILES string of the molecule is CC(=S)C(c1cccc(Oc2ccccc2)c1)c1cc(CC(=O)O)ccc1OCC(C)C. The number of aliphatic carboxylic acids is 1. The Morgan fingerprint density at radius 2 is 1.69 bits per heavy atom. The molecule has 1 atom stereocenters. The predicted molar refractivity (Wildman–Crippen MR) is 131 cm³/mol. The lowest BCUT2D eigenvalue weighted by Gasteiger charge is -2.22. The summed E-state index contributed by atoms with van der Waals surface area (Å²) >= 11 is 5.67. The fourth-order valence-corrected chi connectivity index (χ4v) is 3.77. The second kappa shape index (κ2) is 10.9. The van der Waals surface area contributed by atoms with Crippen molar-refractivity contribution in [3.8, 4) is 17.2 Å². The third kappa shape index (κ3) is 6.41. The minimum atomic E-state index is -0.874. The van der Waals surface area contributed by atoms with Gasteiger partial charge in [-0.25, -0.2) is 0 Å². The molecule has 0 bridgehead atoms. The molecular weight excluding hydrogens is 420 g/mol. The highest BCUT2D eigenvalue weighted by Gasteiger charge is 2.22. The number of rotatable bonds is 10. The fourth-order valence-electron chi connectivity index (χ4n) is 3.51. The van der Waals surface area contributed by atoms with Crippen LogP contribution in [-0.4, -0.2) is 22.5 Å². The van der Waals surface area contributed by atoms with Crippen LogP contribution in [0.1, 0.15) is 43.4 Å². The Kier molecular flexibility index (Phi) is 8.01. The van der Waals surface area contributed by atoms with Gasteiger partial charge < -0.3 is 14.6 Å². The molecule has 3 rings (SSSR count). The molecular formula is C27H28O4S. The van der Waals surface area contributed by atoms with Crippen LogP contribution in [0.2, 0.25) is 0 Å². The number of para-hydroxylation sites is 1. The van der Waals surface area contributed by atoms with E-state index in [1.807, 2.05) is 73.7 Å². The number of carboxylic acid groups (broad SMARTS) is 1.